The quantitative estimate of drug-likeness (QED) is 0.348. The normalized spacial score (nSPS) is 16.3. The van der Waals surface area contributed by atoms with Gasteiger partial charge in [-0.1, -0.05) is 35.2 Å². The maximum atomic E-state index is 12.3. The van der Waals surface area contributed by atoms with E-state index in [2.05, 4.69) is 31.6 Å². The summed E-state index contributed by atoms with van der Waals surface area (Å²) in [6, 6.07) is 7.16. The van der Waals surface area contributed by atoms with Crippen molar-refractivity contribution in [3.8, 4) is 0 Å². The van der Waals surface area contributed by atoms with Gasteiger partial charge in [0.15, 0.2) is 15.8 Å². The summed E-state index contributed by atoms with van der Waals surface area (Å²) in [7, 11) is -1.57. The van der Waals surface area contributed by atoms with Gasteiger partial charge < -0.3 is 10.6 Å². The van der Waals surface area contributed by atoms with Crippen molar-refractivity contribution in [1.82, 2.24) is 10.6 Å². The molecule has 0 saturated heterocycles. The average Bonchev–Trinajstić information content (AvgIpc) is 2.55. The van der Waals surface area contributed by atoms with E-state index in [1.165, 1.54) is 19.3 Å². The van der Waals surface area contributed by atoms with Crippen molar-refractivity contribution in [2.45, 2.75) is 43.0 Å². The third kappa shape index (κ3) is 6.87. The fourth-order valence-corrected chi connectivity index (χ4v) is 4.12. The average molecular weight is 530 g/mol. The first-order chi connectivity index (χ1) is 11.0. The summed E-state index contributed by atoms with van der Waals surface area (Å²) in [4.78, 5) is 4.52. The Bertz CT molecular complexity index is 629. The van der Waals surface area contributed by atoms with E-state index in [0.717, 1.165) is 17.3 Å². The second kappa shape index (κ2) is 10.6. The molecule has 2 N–H and O–H groups in total. The van der Waals surface area contributed by atoms with Crippen LogP contribution < -0.4 is 10.6 Å². The Morgan fingerprint density at radius 1 is 1.21 bits per heavy atom. The summed E-state index contributed by atoms with van der Waals surface area (Å²) in [6.07, 6.45) is 6.09. The minimum Gasteiger partial charge on any atom is -0.355 e. The van der Waals surface area contributed by atoms with Gasteiger partial charge in [-0.25, -0.2) is 8.42 Å². The van der Waals surface area contributed by atoms with Crippen LogP contribution in [0.3, 0.4) is 0 Å². The molecule has 1 aromatic rings. The largest absolute Gasteiger partial charge is 0.355 e. The van der Waals surface area contributed by atoms with Crippen LogP contribution in [0.2, 0.25) is 0 Å². The van der Waals surface area contributed by atoms with Crippen molar-refractivity contribution in [3.63, 3.8) is 0 Å². The smallest absolute Gasteiger partial charge is 0.191 e. The Morgan fingerprint density at radius 2 is 1.83 bits per heavy atom. The number of sulfone groups is 1. The molecule has 5 nitrogen and oxygen atoms in total. The molecule has 0 aromatic heterocycles. The second-order valence-corrected chi connectivity index (χ2v) is 8.78. The number of benzene rings is 1. The van der Waals surface area contributed by atoms with E-state index >= 15 is 0 Å². The minimum atomic E-state index is -3.28. The molecule has 1 aliphatic carbocycles. The third-order valence-corrected chi connectivity index (χ3v) is 6.27. The molecular weight excluding hydrogens is 505 g/mol. The van der Waals surface area contributed by atoms with E-state index in [9.17, 15) is 8.42 Å². The molecule has 0 amide bonds. The zero-order chi connectivity index (χ0) is 16.7. The van der Waals surface area contributed by atoms with Gasteiger partial charge in [-0.3, -0.25) is 4.99 Å². The van der Waals surface area contributed by atoms with Crippen LogP contribution in [0, 0.1) is 0 Å². The number of hydrogen-bond acceptors (Lipinski definition) is 3. The summed E-state index contributed by atoms with van der Waals surface area (Å²) < 4.78 is 25.4. The maximum Gasteiger partial charge on any atom is 0.191 e. The fraction of sp³-hybridized carbons (Fsp3) is 0.562. The van der Waals surface area contributed by atoms with Gasteiger partial charge in [-0.05, 0) is 37.1 Å². The zero-order valence-electron chi connectivity index (χ0n) is 13.8. The molecule has 0 atom stereocenters. The second-order valence-electron chi connectivity index (χ2n) is 5.75. The van der Waals surface area contributed by atoms with Gasteiger partial charge in [0.1, 0.15) is 0 Å². The first kappa shape index (κ1) is 21.7. The summed E-state index contributed by atoms with van der Waals surface area (Å²) in [5, 5.41) is 6.48. The summed E-state index contributed by atoms with van der Waals surface area (Å²) in [5.41, 5.74) is 0. The minimum absolute atomic E-state index is 0. The van der Waals surface area contributed by atoms with Crippen LogP contribution in [-0.2, 0) is 9.84 Å². The first-order valence-electron chi connectivity index (χ1n) is 7.97. The van der Waals surface area contributed by atoms with Crippen molar-refractivity contribution in [1.29, 1.82) is 0 Å². The van der Waals surface area contributed by atoms with E-state index in [1.54, 1.807) is 31.3 Å². The van der Waals surface area contributed by atoms with E-state index in [1.807, 2.05) is 0 Å². The molecule has 0 bridgehead atoms. The van der Waals surface area contributed by atoms with Crippen LogP contribution >= 0.6 is 39.9 Å². The van der Waals surface area contributed by atoms with Gasteiger partial charge >= 0.3 is 0 Å². The van der Waals surface area contributed by atoms with Crippen molar-refractivity contribution in [2.75, 3.05) is 19.3 Å². The highest BCUT2D eigenvalue weighted by atomic mass is 127. The Morgan fingerprint density at radius 3 is 2.42 bits per heavy atom. The highest BCUT2D eigenvalue weighted by molar-refractivity contribution is 14.0. The highest BCUT2D eigenvalue weighted by Crippen LogP contribution is 2.17. The topological polar surface area (TPSA) is 70.6 Å². The highest BCUT2D eigenvalue weighted by Gasteiger charge is 2.16. The van der Waals surface area contributed by atoms with Crippen LogP contribution in [0.1, 0.15) is 32.1 Å². The van der Waals surface area contributed by atoms with Gasteiger partial charge in [0.25, 0.3) is 0 Å². The van der Waals surface area contributed by atoms with E-state index in [4.69, 9.17) is 0 Å². The predicted molar refractivity (Wildman–Crippen MR) is 113 cm³/mol. The number of rotatable bonds is 5. The lowest BCUT2D eigenvalue weighted by Gasteiger charge is -2.24. The number of guanidine groups is 1. The number of hydrogen-bond donors (Lipinski definition) is 2. The molecule has 8 heteroatoms. The van der Waals surface area contributed by atoms with Crippen LogP contribution in [0.5, 0.6) is 0 Å². The lowest BCUT2D eigenvalue weighted by molar-refractivity contribution is 0.410. The molecular formula is C16H25BrIN3O2S. The zero-order valence-corrected chi connectivity index (χ0v) is 18.5. The van der Waals surface area contributed by atoms with Crippen LogP contribution in [-0.4, -0.2) is 39.8 Å². The molecule has 0 unspecified atom stereocenters. The molecule has 1 saturated carbocycles. The number of nitrogens with one attached hydrogen (secondary N) is 2. The van der Waals surface area contributed by atoms with Gasteiger partial charge in [0, 0.05) is 24.1 Å². The molecule has 2 rings (SSSR count). The first-order valence-corrected chi connectivity index (χ1v) is 10.4. The van der Waals surface area contributed by atoms with Gasteiger partial charge in [-0.15, -0.1) is 24.0 Å². The van der Waals surface area contributed by atoms with Gasteiger partial charge in [0.05, 0.1) is 10.6 Å². The van der Waals surface area contributed by atoms with E-state index < -0.39 is 9.84 Å². The molecule has 0 aliphatic heterocycles. The van der Waals surface area contributed by atoms with Crippen LogP contribution in [0.15, 0.2) is 38.6 Å². The predicted octanol–water partition coefficient (Wildman–Crippen LogP) is 3.34. The number of aliphatic imine (C=N–C) groups is 1. The molecule has 1 fully saturated rings. The standard InChI is InChI=1S/C16H24BrN3O2S.HI/c1-18-16(20-14-5-3-2-4-6-14)19-11-12-23(21,22)15-9-7-13(17)8-10-15;/h7-10,14H,2-6,11-12H2,1H3,(H2,18,19,20);1H. The Balaban J connectivity index is 0.00000288. The van der Waals surface area contributed by atoms with Gasteiger partial charge in [0.2, 0.25) is 0 Å². The van der Waals surface area contributed by atoms with Crippen molar-refractivity contribution >= 4 is 55.7 Å². The Labute approximate surface area is 170 Å². The summed E-state index contributed by atoms with van der Waals surface area (Å²) in [5.74, 6) is 0.725. The van der Waals surface area contributed by atoms with Crippen molar-refractivity contribution in [3.05, 3.63) is 28.7 Å². The van der Waals surface area contributed by atoms with Crippen molar-refractivity contribution < 1.29 is 8.42 Å². The SMILES string of the molecule is CN=C(NCCS(=O)(=O)c1ccc(Br)cc1)NC1CCCCC1.I. The molecule has 0 spiro atoms. The molecule has 0 radical (unpaired) electrons. The number of halogens is 2. The van der Waals surface area contributed by atoms with Crippen LogP contribution in [0.25, 0.3) is 0 Å². The Kier molecular flexibility index (Phi) is 9.58. The Hall–Kier alpha value is -0.350. The lowest BCUT2D eigenvalue weighted by atomic mass is 9.96. The lowest BCUT2D eigenvalue weighted by Crippen LogP contribution is -2.45. The van der Waals surface area contributed by atoms with Crippen molar-refractivity contribution in [2.24, 2.45) is 4.99 Å². The molecule has 24 heavy (non-hydrogen) atoms. The molecule has 136 valence electrons. The summed E-state index contributed by atoms with van der Waals surface area (Å²) in [6.45, 7) is 0.338. The maximum absolute atomic E-state index is 12.3. The van der Waals surface area contributed by atoms with E-state index in [-0.39, 0.29) is 29.7 Å². The van der Waals surface area contributed by atoms with E-state index in [0.29, 0.717) is 23.4 Å². The molecule has 1 aromatic carbocycles. The third-order valence-electron chi connectivity index (χ3n) is 4.01. The fourth-order valence-electron chi connectivity index (χ4n) is 2.70. The number of nitrogens with zero attached hydrogens (tertiary/aromatic N) is 1. The van der Waals surface area contributed by atoms with Gasteiger partial charge in [-0.2, -0.15) is 0 Å². The molecule has 0 heterocycles. The summed E-state index contributed by atoms with van der Waals surface area (Å²) >= 11 is 3.31. The van der Waals surface area contributed by atoms with Crippen LogP contribution in [0.4, 0.5) is 0 Å². The monoisotopic (exact) mass is 529 g/mol. The molecule has 1 aliphatic rings.